The monoisotopic (exact) mass is 521 g/mol. The number of sulfonamides is 1. The van der Waals surface area contributed by atoms with Crippen molar-refractivity contribution in [2.24, 2.45) is 4.99 Å². The van der Waals surface area contributed by atoms with Crippen LogP contribution in [-0.2, 0) is 26.1 Å². The first kappa shape index (κ1) is 26.7. The zero-order valence-corrected chi connectivity index (χ0v) is 21.5. The van der Waals surface area contributed by atoms with Crippen molar-refractivity contribution in [3.63, 3.8) is 0 Å². The highest BCUT2D eigenvalue weighted by molar-refractivity contribution is 7.89. The lowest BCUT2D eigenvalue weighted by Gasteiger charge is -2.21. The molecular formula is C24H28FN3O5S2. The van der Waals surface area contributed by atoms with Crippen LogP contribution >= 0.6 is 11.3 Å². The molecule has 188 valence electrons. The molecule has 0 aliphatic carbocycles. The molecule has 3 rings (SSSR count). The Morgan fingerprint density at radius 3 is 2.31 bits per heavy atom. The maximum atomic E-state index is 13.7. The third kappa shape index (κ3) is 6.22. The van der Waals surface area contributed by atoms with Crippen LogP contribution in [0.5, 0.6) is 0 Å². The molecule has 3 aromatic rings. The molecule has 0 saturated carbocycles. The van der Waals surface area contributed by atoms with Gasteiger partial charge in [0.25, 0.3) is 5.91 Å². The number of thiazole rings is 1. The van der Waals surface area contributed by atoms with Crippen LogP contribution in [-0.4, -0.2) is 48.9 Å². The van der Waals surface area contributed by atoms with Gasteiger partial charge in [-0.1, -0.05) is 25.2 Å². The van der Waals surface area contributed by atoms with E-state index in [1.807, 2.05) is 13.8 Å². The van der Waals surface area contributed by atoms with Crippen LogP contribution in [0.1, 0.15) is 44.0 Å². The summed E-state index contributed by atoms with van der Waals surface area (Å²) >= 11 is 1.07. The lowest BCUT2D eigenvalue weighted by atomic mass is 10.2. The Hall–Kier alpha value is -2.89. The smallest absolute Gasteiger partial charge is 0.326 e. The number of fused-ring (bicyclic) bond motifs is 1. The van der Waals surface area contributed by atoms with E-state index in [0.717, 1.165) is 11.3 Å². The fourth-order valence-corrected chi connectivity index (χ4v) is 6.22. The van der Waals surface area contributed by atoms with Gasteiger partial charge in [-0.05, 0) is 62.2 Å². The summed E-state index contributed by atoms with van der Waals surface area (Å²) in [6.45, 7) is 6.36. The average molecular weight is 522 g/mol. The van der Waals surface area contributed by atoms with E-state index in [4.69, 9.17) is 4.74 Å². The summed E-state index contributed by atoms with van der Waals surface area (Å²) in [5.74, 6) is -1.57. The zero-order chi connectivity index (χ0) is 25.6. The van der Waals surface area contributed by atoms with E-state index in [-0.39, 0.29) is 28.4 Å². The largest absolute Gasteiger partial charge is 0.465 e. The summed E-state index contributed by atoms with van der Waals surface area (Å²) in [5.41, 5.74) is 0.734. The molecular weight excluding hydrogens is 493 g/mol. The lowest BCUT2D eigenvalue weighted by molar-refractivity contribution is -0.143. The number of esters is 1. The maximum Gasteiger partial charge on any atom is 0.326 e. The Labute approximate surface area is 207 Å². The number of carbonyl (C=O) groups is 2. The van der Waals surface area contributed by atoms with Gasteiger partial charge in [-0.3, -0.25) is 9.59 Å². The minimum absolute atomic E-state index is 0.102. The van der Waals surface area contributed by atoms with E-state index < -0.39 is 27.7 Å². The molecule has 8 nitrogen and oxygen atoms in total. The van der Waals surface area contributed by atoms with Gasteiger partial charge in [0.1, 0.15) is 12.4 Å². The van der Waals surface area contributed by atoms with Crippen molar-refractivity contribution < 1.29 is 27.1 Å². The predicted molar refractivity (Wildman–Crippen MR) is 132 cm³/mol. The Balaban J connectivity index is 1.96. The van der Waals surface area contributed by atoms with E-state index >= 15 is 0 Å². The summed E-state index contributed by atoms with van der Waals surface area (Å²) in [5, 5.41) is 0. The third-order valence-electron chi connectivity index (χ3n) is 5.12. The van der Waals surface area contributed by atoms with E-state index in [1.165, 1.54) is 51.3 Å². The standard InChI is InChI=1S/C24H28FN3O5S2/c1-4-13-27(14-5-2)35(31,32)19-10-7-17(8-11-19)23(30)26-24-28(16-22(29)33-6-3)20-12-9-18(25)15-21(20)34-24/h7-12,15H,4-6,13-14,16H2,1-3H3. The van der Waals surface area contributed by atoms with Gasteiger partial charge in [0, 0.05) is 18.7 Å². The van der Waals surface area contributed by atoms with Crippen molar-refractivity contribution in [1.29, 1.82) is 0 Å². The van der Waals surface area contributed by atoms with Crippen LogP contribution in [0.15, 0.2) is 52.4 Å². The molecule has 1 amide bonds. The molecule has 0 radical (unpaired) electrons. The Morgan fingerprint density at radius 1 is 1.06 bits per heavy atom. The molecule has 0 aliphatic rings. The molecule has 1 aromatic heterocycles. The summed E-state index contributed by atoms with van der Waals surface area (Å²) in [7, 11) is -3.67. The number of nitrogens with zero attached hydrogens (tertiary/aromatic N) is 3. The van der Waals surface area contributed by atoms with Gasteiger partial charge in [0.15, 0.2) is 4.80 Å². The number of hydrogen-bond acceptors (Lipinski definition) is 6. The van der Waals surface area contributed by atoms with Gasteiger partial charge in [-0.15, -0.1) is 0 Å². The fourth-order valence-electron chi connectivity index (χ4n) is 3.54. The molecule has 0 N–H and O–H groups in total. The molecule has 11 heteroatoms. The van der Waals surface area contributed by atoms with Crippen molar-refractivity contribution in [2.45, 2.75) is 45.1 Å². The highest BCUT2D eigenvalue weighted by Crippen LogP contribution is 2.20. The van der Waals surface area contributed by atoms with Crippen LogP contribution in [0.4, 0.5) is 4.39 Å². The quantitative estimate of drug-likeness (QED) is 0.376. The fraction of sp³-hybridized carbons (Fsp3) is 0.375. The molecule has 1 heterocycles. The van der Waals surface area contributed by atoms with Crippen molar-refractivity contribution in [3.8, 4) is 0 Å². The topological polar surface area (TPSA) is 98.0 Å². The highest BCUT2D eigenvalue weighted by atomic mass is 32.2. The van der Waals surface area contributed by atoms with Crippen molar-refractivity contribution in [2.75, 3.05) is 19.7 Å². The van der Waals surface area contributed by atoms with Crippen molar-refractivity contribution in [1.82, 2.24) is 8.87 Å². The molecule has 35 heavy (non-hydrogen) atoms. The lowest BCUT2D eigenvalue weighted by Crippen LogP contribution is -2.32. The summed E-state index contributed by atoms with van der Waals surface area (Å²) in [6, 6.07) is 9.70. The van der Waals surface area contributed by atoms with E-state index in [1.54, 1.807) is 6.92 Å². The molecule has 0 spiro atoms. The zero-order valence-electron chi connectivity index (χ0n) is 19.9. The molecule has 0 saturated heterocycles. The number of ether oxygens (including phenoxy) is 1. The van der Waals surface area contributed by atoms with Crippen LogP contribution < -0.4 is 4.80 Å². The molecule has 0 unspecified atom stereocenters. The predicted octanol–water partition coefficient (Wildman–Crippen LogP) is 3.96. The Kier molecular flexibility index (Phi) is 8.92. The van der Waals surface area contributed by atoms with Gasteiger partial charge < -0.3 is 9.30 Å². The Bertz CT molecular complexity index is 1370. The van der Waals surface area contributed by atoms with Crippen LogP contribution in [0, 0.1) is 5.82 Å². The molecule has 0 bridgehead atoms. The van der Waals surface area contributed by atoms with Gasteiger partial charge in [-0.2, -0.15) is 9.30 Å². The van der Waals surface area contributed by atoms with E-state index in [9.17, 15) is 22.4 Å². The number of carbonyl (C=O) groups excluding carboxylic acids is 2. The molecule has 0 aliphatic heterocycles. The number of halogens is 1. The van der Waals surface area contributed by atoms with Crippen LogP contribution in [0.25, 0.3) is 10.2 Å². The number of hydrogen-bond donors (Lipinski definition) is 0. The normalized spacial score (nSPS) is 12.4. The first-order chi connectivity index (χ1) is 16.7. The van der Waals surface area contributed by atoms with Gasteiger partial charge in [-0.25, -0.2) is 12.8 Å². The highest BCUT2D eigenvalue weighted by Gasteiger charge is 2.23. The number of amides is 1. The second kappa shape index (κ2) is 11.7. The molecule has 2 aromatic carbocycles. The number of aromatic nitrogens is 1. The van der Waals surface area contributed by atoms with Gasteiger partial charge in [0.2, 0.25) is 10.0 Å². The molecule has 0 fully saturated rings. The second-order valence-corrected chi connectivity index (χ2v) is 10.7. The second-order valence-electron chi connectivity index (χ2n) is 7.73. The van der Waals surface area contributed by atoms with Crippen LogP contribution in [0.2, 0.25) is 0 Å². The minimum Gasteiger partial charge on any atom is -0.465 e. The minimum atomic E-state index is -3.67. The number of rotatable bonds is 10. The SMILES string of the molecule is CCCN(CCC)S(=O)(=O)c1ccc(C(=O)N=c2sc3cc(F)ccc3n2CC(=O)OCC)cc1. The third-order valence-corrected chi connectivity index (χ3v) is 8.07. The summed E-state index contributed by atoms with van der Waals surface area (Å²) < 4.78 is 48.1. The summed E-state index contributed by atoms with van der Waals surface area (Å²) in [6.07, 6.45) is 1.39. The molecule has 0 atom stereocenters. The summed E-state index contributed by atoms with van der Waals surface area (Å²) in [4.78, 5) is 29.5. The maximum absolute atomic E-state index is 13.7. The van der Waals surface area contributed by atoms with E-state index in [0.29, 0.717) is 36.1 Å². The van der Waals surface area contributed by atoms with Crippen molar-refractivity contribution in [3.05, 3.63) is 58.6 Å². The average Bonchev–Trinajstić information content (AvgIpc) is 3.14. The van der Waals surface area contributed by atoms with Gasteiger partial charge >= 0.3 is 5.97 Å². The number of benzene rings is 2. The van der Waals surface area contributed by atoms with Gasteiger partial charge in [0.05, 0.1) is 21.7 Å². The van der Waals surface area contributed by atoms with E-state index in [2.05, 4.69) is 4.99 Å². The first-order valence-electron chi connectivity index (χ1n) is 11.3. The Morgan fingerprint density at radius 2 is 1.71 bits per heavy atom. The first-order valence-corrected chi connectivity index (χ1v) is 13.6. The van der Waals surface area contributed by atoms with Crippen molar-refractivity contribution >= 4 is 43.5 Å². The van der Waals surface area contributed by atoms with Crippen LogP contribution in [0.3, 0.4) is 0 Å².